The molecule has 1 atom stereocenters. The van der Waals surface area contributed by atoms with E-state index in [1.807, 2.05) is 25.2 Å². The van der Waals surface area contributed by atoms with Gasteiger partial charge in [-0.15, -0.1) is 0 Å². The first-order chi connectivity index (χ1) is 14.9. The van der Waals surface area contributed by atoms with Crippen LogP contribution in [0.15, 0.2) is 59.5 Å². The van der Waals surface area contributed by atoms with E-state index < -0.39 is 15.6 Å². The van der Waals surface area contributed by atoms with E-state index in [0.29, 0.717) is 12.1 Å². The number of benzene rings is 2. The molecule has 0 bridgehead atoms. The predicted octanol–water partition coefficient (Wildman–Crippen LogP) is 3.45. The summed E-state index contributed by atoms with van der Waals surface area (Å²) >= 11 is 0. The fourth-order valence-corrected chi connectivity index (χ4v) is 5.66. The van der Waals surface area contributed by atoms with E-state index in [1.54, 1.807) is 23.1 Å². The Balaban J connectivity index is 1.45. The van der Waals surface area contributed by atoms with E-state index >= 15 is 0 Å². The molecule has 0 radical (unpaired) electrons. The number of likely N-dealkylation sites (tertiary alicyclic amines) is 1. The molecule has 0 unspecified atom stereocenters. The lowest BCUT2D eigenvalue weighted by Crippen LogP contribution is -2.39. The first kappa shape index (κ1) is 21.1. The van der Waals surface area contributed by atoms with Gasteiger partial charge in [0.05, 0.1) is 16.5 Å². The van der Waals surface area contributed by atoms with Gasteiger partial charge >= 0.3 is 0 Å². The van der Waals surface area contributed by atoms with Crippen LogP contribution in [0.25, 0.3) is 10.9 Å². The van der Waals surface area contributed by atoms with Crippen molar-refractivity contribution in [3.8, 4) is 6.07 Å². The summed E-state index contributed by atoms with van der Waals surface area (Å²) in [5.74, 6) is -0.805. The van der Waals surface area contributed by atoms with Crippen molar-refractivity contribution in [2.45, 2.75) is 36.6 Å². The molecule has 0 aliphatic carbocycles. The molecule has 1 aromatic heterocycles. The van der Waals surface area contributed by atoms with Crippen LogP contribution in [0.2, 0.25) is 0 Å². The van der Waals surface area contributed by atoms with Crippen molar-refractivity contribution in [1.29, 1.82) is 5.26 Å². The lowest BCUT2D eigenvalue weighted by Gasteiger charge is -2.25. The molecule has 0 N–H and O–H groups in total. The van der Waals surface area contributed by atoms with Crippen LogP contribution < -0.4 is 0 Å². The first-order valence-corrected chi connectivity index (χ1v) is 12.1. The molecule has 1 aliphatic heterocycles. The summed E-state index contributed by atoms with van der Waals surface area (Å²) in [5.41, 5.74) is 2.79. The largest absolute Gasteiger partial charge is 0.348 e. The minimum atomic E-state index is -3.64. The normalized spacial score (nSPS) is 16.5. The number of aromatic nitrogens is 1. The van der Waals surface area contributed by atoms with Gasteiger partial charge in [-0.1, -0.05) is 24.3 Å². The van der Waals surface area contributed by atoms with E-state index in [4.69, 9.17) is 5.26 Å². The zero-order chi connectivity index (χ0) is 22.0. The number of rotatable bonds is 6. The van der Waals surface area contributed by atoms with Gasteiger partial charge in [0, 0.05) is 30.8 Å². The summed E-state index contributed by atoms with van der Waals surface area (Å²) in [6.07, 6.45) is 3.35. The zero-order valence-electron chi connectivity index (χ0n) is 17.5. The Hall–Kier alpha value is -3.11. The molecule has 3 aromatic rings. The Morgan fingerprint density at radius 1 is 1.16 bits per heavy atom. The molecular weight excluding hydrogens is 410 g/mol. The fraction of sp³-hybridized carbons (Fsp3) is 0.333. The average molecular weight is 436 g/mol. The van der Waals surface area contributed by atoms with Gasteiger partial charge in [0.2, 0.25) is 5.91 Å². The van der Waals surface area contributed by atoms with Crippen LogP contribution in [-0.4, -0.2) is 42.1 Å². The molecule has 1 aliphatic rings. The third-order valence-corrected chi connectivity index (χ3v) is 7.74. The lowest BCUT2D eigenvalue weighted by atomic mass is 10.1. The molecule has 0 saturated carbocycles. The van der Waals surface area contributed by atoms with Crippen molar-refractivity contribution in [3.05, 3.63) is 65.9 Å². The standard InChI is InChI=1S/C24H25N3O3S/c1-26-21(15-19-10-9-18(16-25)14-23(19)26)12-11-20-6-5-13-27(20)24(28)17-31(29,30)22-7-3-2-4-8-22/h2-4,7-10,14-15,20H,5-6,11-13,17H2,1H3/t20-/m0/s1. The lowest BCUT2D eigenvalue weighted by molar-refractivity contribution is -0.129. The Labute approximate surface area is 182 Å². The van der Waals surface area contributed by atoms with Crippen molar-refractivity contribution < 1.29 is 13.2 Å². The quantitative estimate of drug-likeness (QED) is 0.594. The maximum Gasteiger partial charge on any atom is 0.238 e. The van der Waals surface area contributed by atoms with Gasteiger partial charge < -0.3 is 9.47 Å². The highest BCUT2D eigenvalue weighted by molar-refractivity contribution is 7.92. The second-order valence-corrected chi connectivity index (χ2v) is 10.1. The maximum atomic E-state index is 12.8. The monoisotopic (exact) mass is 435 g/mol. The van der Waals surface area contributed by atoms with Crippen LogP contribution in [0.3, 0.4) is 0 Å². The summed E-state index contributed by atoms with van der Waals surface area (Å²) in [5, 5.41) is 10.2. The van der Waals surface area contributed by atoms with Gasteiger partial charge in [-0.3, -0.25) is 4.79 Å². The first-order valence-electron chi connectivity index (χ1n) is 10.4. The number of hydrogen-bond donors (Lipinski definition) is 0. The zero-order valence-corrected chi connectivity index (χ0v) is 18.3. The number of sulfone groups is 1. The number of hydrogen-bond acceptors (Lipinski definition) is 4. The summed E-state index contributed by atoms with van der Waals surface area (Å²) in [6, 6.07) is 18.2. The highest BCUT2D eigenvalue weighted by Crippen LogP contribution is 2.26. The number of nitrogens with zero attached hydrogens (tertiary/aromatic N) is 3. The van der Waals surface area contributed by atoms with Gasteiger partial charge in [0.25, 0.3) is 0 Å². The highest BCUT2D eigenvalue weighted by atomic mass is 32.2. The van der Waals surface area contributed by atoms with Crippen LogP contribution in [0.1, 0.15) is 30.5 Å². The minimum absolute atomic E-state index is 0.0474. The van der Waals surface area contributed by atoms with Crippen molar-refractivity contribution in [2.24, 2.45) is 7.05 Å². The highest BCUT2D eigenvalue weighted by Gasteiger charge is 2.31. The van der Waals surface area contributed by atoms with Crippen molar-refractivity contribution in [2.75, 3.05) is 12.3 Å². The predicted molar refractivity (Wildman–Crippen MR) is 119 cm³/mol. The molecule has 2 aromatic carbocycles. The van der Waals surface area contributed by atoms with Crippen LogP contribution in [0.5, 0.6) is 0 Å². The Morgan fingerprint density at radius 3 is 2.68 bits per heavy atom. The topological polar surface area (TPSA) is 83.2 Å². The molecular formula is C24H25N3O3S. The summed E-state index contributed by atoms with van der Waals surface area (Å²) < 4.78 is 27.3. The number of amides is 1. The second kappa shape index (κ2) is 8.56. The van der Waals surface area contributed by atoms with E-state index in [-0.39, 0.29) is 16.8 Å². The summed E-state index contributed by atoms with van der Waals surface area (Å²) in [7, 11) is -1.65. The molecule has 0 spiro atoms. The van der Waals surface area contributed by atoms with E-state index in [2.05, 4.69) is 16.7 Å². The molecule has 160 valence electrons. The van der Waals surface area contributed by atoms with E-state index in [1.165, 1.54) is 12.1 Å². The second-order valence-electron chi connectivity index (χ2n) is 8.07. The van der Waals surface area contributed by atoms with Gasteiger partial charge in [-0.25, -0.2) is 8.42 Å². The van der Waals surface area contributed by atoms with Gasteiger partial charge in [0.15, 0.2) is 9.84 Å². The van der Waals surface area contributed by atoms with E-state index in [9.17, 15) is 13.2 Å². The smallest absolute Gasteiger partial charge is 0.238 e. The molecule has 4 rings (SSSR count). The summed E-state index contributed by atoms with van der Waals surface area (Å²) in [6.45, 7) is 0.606. The fourth-order valence-electron chi connectivity index (χ4n) is 4.43. The maximum absolute atomic E-state index is 12.8. The van der Waals surface area contributed by atoms with Gasteiger partial charge in [-0.05, 0) is 61.4 Å². The molecule has 1 fully saturated rings. The van der Waals surface area contributed by atoms with Crippen molar-refractivity contribution >= 4 is 26.6 Å². The Kier molecular flexibility index (Phi) is 5.84. The Bertz CT molecular complexity index is 1260. The molecule has 1 saturated heterocycles. The SMILES string of the molecule is Cn1c(CC[C@@H]2CCCN2C(=O)CS(=O)(=O)c2ccccc2)cc2ccc(C#N)cc21. The number of fused-ring (bicyclic) bond motifs is 1. The number of carbonyl (C=O) groups excluding carboxylic acids is 1. The summed E-state index contributed by atoms with van der Waals surface area (Å²) in [4.78, 5) is 14.8. The van der Waals surface area contributed by atoms with Crippen molar-refractivity contribution in [1.82, 2.24) is 9.47 Å². The number of carbonyl (C=O) groups is 1. The minimum Gasteiger partial charge on any atom is -0.348 e. The molecule has 31 heavy (non-hydrogen) atoms. The van der Waals surface area contributed by atoms with Crippen LogP contribution in [0.4, 0.5) is 0 Å². The third-order valence-electron chi connectivity index (χ3n) is 6.12. The van der Waals surface area contributed by atoms with Crippen molar-refractivity contribution in [3.63, 3.8) is 0 Å². The van der Waals surface area contributed by atoms with Gasteiger partial charge in [-0.2, -0.15) is 5.26 Å². The molecule has 1 amide bonds. The van der Waals surface area contributed by atoms with Gasteiger partial charge in [0.1, 0.15) is 5.75 Å². The Morgan fingerprint density at radius 2 is 1.94 bits per heavy atom. The average Bonchev–Trinajstić information content (AvgIpc) is 3.37. The van der Waals surface area contributed by atoms with E-state index in [0.717, 1.165) is 42.3 Å². The van der Waals surface area contributed by atoms with Crippen LogP contribution in [-0.2, 0) is 28.1 Å². The molecule has 2 heterocycles. The number of nitriles is 1. The number of aryl methyl sites for hydroxylation is 2. The van der Waals surface area contributed by atoms with Crippen LogP contribution >= 0.6 is 0 Å². The molecule has 6 nitrogen and oxygen atoms in total. The third kappa shape index (κ3) is 4.35. The molecule has 7 heteroatoms. The van der Waals surface area contributed by atoms with Crippen LogP contribution in [0, 0.1) is 11.3 Å².